The molecule has 0 saturated carbocycles. The van der Waals surface area contributed by atoms with Crippen molar-refractivity contribution in [3.63, 3.8) is 0 Å². The summed E-state index contributed by atoms with van der Waals surface area (Å²) in [5, 5.41) is 3.66. The first-order valence-electron chi connectivity index (χ1n) is 10.3. The quantitative estimate of drug-likeness (QED) is 0.375. The highest BCUT2D eigenvalue weighted by molar-refractivity contribution is 6.30. The molecule has 4 nitrogen and oxygen atoms in total. The Bertz CT molecular complexity index is 1080. The van der Waals surface area contributed by atoms with Crippen LogP contribution in [0, 0.1) is 0 Å². The maximum Gasteiger partial charge on any atom is 0.220 e. The Morgan fingerprint density at radius 1 is 0.871 bits per heavy atom. The summed E-state index contributed by atoms with van der Waals surface area (Å²) in [6, 6.07) is 27.5. The minimum absolute atomic E-state index is 0.0252. The van der Waals surface area contributed by atoms with Crippen LogP contribution >= 0.6 is 11.6 Å². The lowest BCUT2D eigenvalue weighted by Gasteiger charge is -2.05. The number of aryl methyl sites for hydroxylation is 1. The fourth-order valence-corrected chi connectivity index (χ4v) is 3.61. The van der Waals surface area contributed by atoms with E-state index in [0.29, 0.717) is 30.3 Å². The van der Waals surface area contributed by atoms with Crippen LogP contribution in [0.2, 0.25) is 5.02 Å². The highest BCUT2D eigenvalue weighted by atomic mass is 35.5. The van der Waals surface area contributed by atoms with Crippen LogP contribution in [-0.2, 0) is 17.6 Å². The van der Waals surface area contributed by atoms with Crippen LogP contribution in [-0.4, -0.2) is 17.4 Å². The van der Waals surface area contributed by atoms with E-state index in [4.69, 9.17) is 21.0 Å². The summed E-state index contributed by atoms with van der Waals surface area (Å²) in [5.41, 5.74) is 3.84. The third-order valence-corrected chi connectivity index (χ3v) is 5.18. The Morgan fingerprint density at radius 3 is 2.29 bits per heavy atom. The van der Waals surface area contributed by atoms with E-state index >= 15 is 0 Å². The number of amides is 1. The Morgan fingerprint density at radius 2 is 1.58 bits per heavy atom. The molecule has 31 heavy (non-hydrogen) atoms. The zero-order chi connectivity index (χ0) is 21.5. The monoisotopic (exact) mass is 430 g/mol. The standard InChI is InChI=1S/C26H23ClN2O2/c27-22-13-7-8-19(18-22)16-17-28-23(30)14-15-24-29-25(20-9-3-1-4-10-20)26(31-24)21-11-5-2-6-12-21/h1-13,18H,14-17H2,(H,28,30). The molecule has 1 heterocycles. The fraction of sp³-hybridized carbons (Fsp3) is 0.154. The van der Waals surface area contributed by atoms with Crippen LogP contribution in [0.1, 0.15) is 17.9 Å². The molecule has 0 saturated heterocycles. The lowest BCUT2D eigenvalue weighted by atomic mass is 10.1. The molecule has 0 radical (unpaired) electrons. The molecular weight excluding hydrogens is 408 g/mol. The van der Waals surface area contributed by atoms with Gasteiger partial charge in [-0.3, -0.25) is 4.79 Å². The van der Waals surface area contributed by atoms with Gasteiger partial charge in [0, 0.05) is 35.5 Å². The molecule has 0 spiro atoms. The van der Waals surface area contributed by atoms with Gasteiger partial charge in [-0.05, 0) is 24.1 Å². The second-order valence-electron chi connectivity index (χ2n) is 7.25. The topological polar surface area (TPSA) is 55.1 Å². The third kappa shape index (κ3) is 5.62. The van der Waals surface area contributed by atoms with Gasteiger partial charge in [0.1, 0.15) is 5.69 Å². The first-order chi connectivity index (χ1) is 15.2. The van der Waals surface area contributed by atoms with E-state index < -0.39 is 0 Å². The molecule has 0 unspecified atom stereocenters. The number of carbonyl (C=O) groups excluding carboxylic acids is 1. The molecule has 3 aromatic carbocycles. The minimum Gasteiger partial charge on any atom is -0.440 e. The number of halogens is 1. The van der Waals surface area contributed by atoms with E-state index in [2.05, 4.69) is 5.32 Å². The maximum absolute atomic E-state index is 12.3. The summed E-state index contributed by atoms with van der Waals surface area (Å²) >= 11 is 6.00. The van der Waals surface area contributed by atoms with Crippen molar-refractivity contribution in [2.45, 2.75) is 19.3 Å². The van der Waals surface area contributed by atoms with Gasteiger partial charge in [0.25, 0.3) is 0 Å². The molecule has 1 N–H and O–H groups in total. The van der Waals surface area contributed by atoms with Crippen molar-refractivity contribution in [2.75, 3.05) is 6.54 Å². The molecule has 0 bridgehead atoms. The Labute approximate surface area is 186 Å². The zero-order valence-electron chi connectivity index (χ0n) is 17.1. The van der Waals surface area contributed by atoms with Crippen molar-refractivity contribution < 1.29 is 9.21 Å². The molecule has 0 aliphatic rings. The van der Waals surface area contributed by atoms with Gasteiger partial charge in [-0.2, -0.15) is 0 Å². The van der Waals surface area contributed by atoms with Gasteiger partial charge in [0.2, 0.25) is 5.91 Å². The van der Waals surface area contributed by atoms with E-state index in [-0.39, 0.29) is 5.91 Å². The van der Waals surface area contributed by atoms with Gasteiger partial charge in [0.05, 0.1) is 0 Å². The number of rotatable bonds is 8. The molecule has 4 aromatic rings. The van der Waals surface area contributed by atoms with Crippen molar-refractivity contribution in [3.05, 3.63) is 101 Å². The van der Waals surface area contributed by atoms with Crippen molar-refractivity contribution in [1.29, 1.82) is 0 Å². The van der Waals surface area contributed by atoms with Gasteiger partial charge >= 0.3 is 0 Å². The third-order valence-electron chi connectivity index (χ3n) is 4.95. The van der Waals surface area contributed by atoms with Crippen molar-refractivity contribution in [1.82, 2.24) is 10.3 Å². The summed E-state index contributed by atoms with van der Waals surface area (Å²) in [6.07, 6.45) is 1.50. The summed E-state index contributed by atoms with van der Waals surface area (Å²) in [5.74, 6) is 1.26. The predicted molar refractivity (Wildman–Crippen MR) is 124 cm³/mol. The molecule has 1 aromatic heterocycles. The second-order valence-corrected chi connectivity index (χ2v) is 7.68. The summed E-state index contributed by atoms with van der Waals surface area (Å²) in [7, 11) is 0. The minimum atomic E-state index is -0.0252. The predicted octanol–water partition coefficient (Wildman–Crippen LogP) is 5.95. The first-order valence-corrected chi connectivity index (χ1v) is 10.7. The van der Waals surface area contributed by atoms with E-state index in [0.717, 1.165) is 34.6 Å². The summed E-state index contributed by atoms with van der Waals surface area (Å²) in [4.78, 5) is 17.0. The molecule has 4 rings (SSSR count). The Hall–Kier alpha value is -3.37. The molecule has 0 aliphatic heterocycles. The first kappa shape index (κ1) is 20.9. The lowest BCUT2D eigenvalue weighted by molar-refractivity contribution is -0.121. The normalized spacial score (nSPS) is 10.7. The van der Waals surface area contributed by atoms with Crippen LogP contribution < -0.4 is 5.32 Å². The van der Waals surface area contributed by atoms with Gasteiger partial charge in [0.15, 0.2) is 11.7 Å². The summed E-state index contributed by atoms with van der Waals surface area (Å²) in [6.45, 7) is 0.565. The van der Waals surface area contributed by atoms with E-state index in [9.17, 15) is 4.79 Å². The number of nitrogens with zero attached hydrogens (tertiary/aromatic N) is 1. The molecule has 0 aliphatic carbocycles. The number of carbonyl (C=O) groups is 1. The van der Waals surface area contributed by atoms with E-state index in [1.807, 2.05) is 84.9 Å². The van der Waals surface area contributed by atoms with Gasteiger partial charge < -0.3 is 9.73 Å². The SMILES string of the molecule is O=C(CCc1nc(-c2ccccc2)c(-c2ccccc2)o1)NCCc1cccc(Cl)c1. The van der Waals surface area contributed by atoms with E-state index in [1.165, 1.54) is 0 Å². The molecule has 1 amide bonds. The molecule has 5 heteroatoms. The number of aromatic nitrogens is 1. The highest BCUT2D eigenvalue weighted by Gasteiger charge is 2.17. The van der Waals surface area contributed by atoms with Crippen LogP contribution in [0.3, 0.4) is 0 Å². The number of nitrogens with one attached hydrogen (secondary N) is 1. The number of oxazole rings is 1. The second kappa shape index (κ2) is 10.1. The van der Waals surface area contributed by atoms with Gasteiger partial charge in [-0.15, -0.1) is 0 Å². The fourth-order valence-electron chi connectivity index (χ4n) is 3.40. The van der Waals surface area contributed by atoms with Crippen molar-refractivity contribution in [2.24, 2.45) is 0 Å². The highest BCUT2D eigenvalue weighted by Crippen LogP contribution is 2.32. The smallest absolute Gasteiger partial charge is 0.220 e. The number of benzene rings is 3. The van der Waals surface area contributed by atoms with Crippen LogP contribution in [0.25, 0.3) is 22.6 Å². The molecule has 156 valence electrons. The maximum atomic E-state index is 12.3. The molecule has 0 atom stereocenters. The molecule has 0 fully saturated rings. The van der Waals surface area contributed by atoms with Gasteiger partial charge in [-0.1, -0.05) is 84.4 Å². The Kier molecular flexibility index (Phi) is 6.80. The van der Waals surface area contributed by atoms with Crippen molar-refractivity contribution in [3.8, 4) is 22.6 Å². The van der Waals surface area contributed by atoms with Crippen LogP contribution in [0.15, 0.2) is 89.3 Å². The van der Waals surface area contributed by atoms with Crippen LogP contribution in [0.5, 0.6) is 0 Å². The zero-order valence-corrected chi connectivity index (χ0v) is 17.8. The largest absolute Gasteiger partial charge is 0.440 e. The van der Waals surface area contributed by atoms with Crippen LogP contribution in [0.4, 0.5) is 0 Å². The number of hydrogen-bond acceptors (Lipinski definition) is 3. The average Bonchev–Trinajstić information content (AvgIpc) is 3.23. The van der Waals surface area contributed by atoms with Gasteiger partial charge in [-0.25, -0.2) is 4.98 Å². The Balaban J connectivity index is 1.40. The average molecular weight is 431 g/mol. The number of hydrogen-bond donors (Lipinski definition) is 1. The summed E-state index contributed by atoms with van der Waals surface area (Å²) < 4.78 is 6.09. The van der Waals surface area contributed by atoms with E-state index in [1.54, 1.807) is 0 Å². The lowest BCUT2D eigenvalue weighted by Crippen LogP contribution is -2.25. The van der Waals surface area contributed by atoms with Crippen molar-refractivity contribution >= 4 is 17.5 Å². The molecular formula is C26H23ClN2O2.